The van der Waals surface area contributed by atoms with E-state index in [4.69, 9.17) is 0 Å². The summed E-state index contributed by atoms with van der Waals surface area (Å²) >= 11 is 0. The molecule has 0 aliphatic rings. The first kappa shape index (κ1) is 33.7. The van der Waals surface area contributed by atoms with Crippen LogP contribution in [0.2, 0.25) is 0 Å². The summed E-state index contributed by atoms with van der Waals surface area (Å²) in [5.41, 5.74) is 0. The van der Waals surface area contributed by atoms with Gasteiger partial charge in [-0.1, -0.05) is 129 Å². The van der Waals surface area contributed by atoms with Gasteiger partial charge in [-0.15, -0.1) is 0 Å². The largest absolute Gasteiger partial charge is 1.00 e. The Morgan fingerprint density at radius 1 is 0.600 bits per heavy atom. The van der Waals surface area contributed by atoms with Crippen LogP contribution in [0.5, 0.6) is 0 Å². The Kier molecular flexibility index (Phi) is 26.6. The molecule has 0 aliphatic heterocycles. The van der Waals surface area contributed by atoms with Gasteiger partial charge in [0.2, 0.25) is 0 Å². The number of hydrogen-bond donors (Lipinski definition) is 1. The van der Waals surface area contributed by atoms with Gasteiger partial charge in [-0.2, -0.15) is 0 Å². The van der Waals surface area contributed by atoms with E-state index < -0.39 is 21.5 Å². The van der Waals surface area contributed by atoms with E-state index in [2.05, 4.69) is 13.8 Å². The van der Waals surface area contributed by atoms with Gasteiger partial charge in [-0.25, -0.2) is 8.42 Å². The van der Waals surface area contributed by atoms with E-state index in [1.807, 2.05) is 0 Å². The Balaban J connectivity index is 0. The van der Waals surface area contributed by atoms with Gasteiger partial charge in [0.25, 0.3) is 0 Å². The summed E-state index contributed by atoms with van der Waals surface area (Å²) in [6, 6.07) is 0. The van der Waals surface area contributed by atoms with Crippen molar-refractivity contribution in [2.75, 3.05) is 0 Å². The van der Waals surface area contributed by atoms with Crippen molar-refractivity contribution >= 4 is 10.1 Å². The fourth-order valence-electron chi connectivity index (χ4n) is 4.04. The van der Waals surface area contributed by atoms with Crippen molar-refractivity contribution < 1.29 is 69.5 Å². The number of hydrogen-bond acceptors (Lipinski definition) is 4. The normalized spacial score (nSPS) is 13.7. The zero-order valence-electron chi connectivity index (χ0n) is 20.4. The molecule has 0 fully saturated rings. The van der Waals surface area contributed by atoms with Crippen molar-refractivity contribution in [1.82, 2.24) is 0 Å². The average molecular weight is 473 g/mol. The van der Waals surface area contributed by atoms with E-state index in [0.717, 1.165) is 38.5 Å². The van der Waals surface area contributed by atoms with Gasteiger partial charge in [0.05, 0.1) is 11.4 Å². The van der Waals surface area contributed by atoms with Crippen molar-refractivity contribution in [1.29, 1.82) is 0 Å². The van der Waals surface area contributed by atoms with E-state index in [1.54, 1.807) is 0 Å². The molecule has 0 aromatic rings. The predicted octanol–water partition coefficient (Wildman–Crippen LogP) is 4.11. The Bertz CT molecular complexity index is 442. The minimum absolute atomic E-state index is 0. The first-order chi connectivity index (χ1) is 13.9. The maximum absolute atomic E-state index is 11.5. The number of aliphatic hydroxyl groups excluding tert-OH is 1. The summed E-state index contributed by atoms with van der Waals surface area (Å²) in [7, 11) is -4.43. The molecule has 0 spiro atoms. The van der Waals surface area contributed by atoms with Crippen LogP contribution in [0.4, 0.5) is 0 Å². The van der Waals surface area contributed by atoms with E-state index in [9.17, 15) is 18.1 Å². The molecule has 0 saturated carbocycles. The van der Waals surface area contributed by atoms with Crippen molar-refractivity contribution in [2.45, 2.75) is 154 Å². The zero-order chi connectivity index (χ0) is 21.8. The summed E-state index contributed by atoms with van der Waals surface area (Å²) in [6.07, 6.45) is 20.8. The minimum Gasteiger partial charge on any atom is -0.748 e. The number of aliphatic hydroxyl groups is 1. The molecule has 2 unspecified atom stereocenters. The second-order valence-electron chi connectivity index (χ2n) is 8.83. The molecule has 0 saturated heterocycles. The first-order valence-corrected chi connectivity index (χ1v) is 14.0. The molecule has 0 radical (unpaired) electrons. The summed E-state index contributed by atoms with van der Waals surface area (Å²) in [5.74, 6) is 0. The van der Waals surface area contributed by atoms with E-state index in [0.29, 0.717) is 19.3 Å². The maximum Gasteiger partial charge on any atom is 1.00 e. The topological polar surface area (TPSA) is 77.4 Å². The molecule has 30 heavy (non-hydrogen) atoms. The molecule has 0 bridgehead atoms. The monoisotopic (exact) mass is 472 g/mol. The van der Waals surface area contributed by atoms with Crippen LogP contribution in [0.1, 0.15) is 142 Å². The van der Waals surface area contributed by atoms with Crippen LogP contribution in [-0.4, -0.2) is 29.4 Å². The predicted molar refractivity (Wildman–Crippen MR) is 123 cm³/mol. The summed E-state index contributed by atoms with van der Waals surface area (Å²) < 4.78 is 34.6. The summed E-state index contributed by atoms with van der Waals surface area (Å²) in [6.45, 7) is 4.40. The van der Waals surface area contributed by atoms with Crippen LogP contribution in [0.15, 0.2) is 0 Å². The van der Waals surface area contributed by atoms with Crippen molar-refractivity contribution in [3.63, 3.8) is 0 Å². The third kappa shape index (κ3) is 21.4. The fourth-order valence-corrected chi connectivity index (χ4v) is 5.01. The Morgan fingerprint density at radius 3 is 1.23 bits per heavy atom. The maximum atomic E-state index is 11.5. The minimum atomic E-state index is -4.43. The van der Waals surface area contributed by atoms with Crippen LogP contribution in [0.25, 0.3) is 0 Å². The molecule has 1 N–H and O–H groups in total. The van der Waals surface area contributed by atoms with Gasteiger partial charge >= 0.3 is 51.4 Å². The van der Waals surface area contributed by atoms with Gasteiger partial charge in [-0.05, 0) is 12.8 Å². The second-order valence-corrected chi connectivity index (χ2v) is 10.4. The van der Waals surface area contributed by atoms with Crippen LogP contribution >= 0.6 is 0 Å². The fraction of sp³-hybridized carbons (Fsp3) is 1.00. The molecule has 0 aliphatic carbocycles. The van der Waals surface area contributed by atoms with Crippen LogP contribution in [-0.2, 0) is 10.1 Å². The second kappa shape index (κ2) is 23.7. The number of unbranched alkanes of at least 4 members (excludes halogenated alkanes) is 16. The molecule has 0 heterocycles. The van der Waals surface area contributed by atoms with Gasteiger partial charge in [0, 0.05) is 0 Å². The van der Waals surface area contributed by atoms with Gasteiger partial charge in [-0.3, -0.25) is 0 Å². The SMILES string of the molecule is CCCCCCCCCCCCCCC(O)C(CCCCCCCC)S(=O)(=O)[O-].[K+]. The van der Waals surface area contributed by atoms with Gasteiger partial charge in [0.1, 0.15) is 10.1 Å². The van der Waals surface area contributed by atoms with Crippen molar-refractivity contribution in [3.05, 3.63) is 0 Å². The Hall–Kier alpha value is 1.51. The van der Waals surface area contributed by atoms with E-state index >= 15 is 0 Å². The standard InChI is InChI=1S/C24H50O4S.K/c1-3-5-7-9-11-12-13-14-15-16-17-19-21-23(25)24(29(26,27)28)22-20-18-10-8-6-4-2;/h23-25H,3-22H2,1-2H3,(H,26,27,28);/q;+1/p-1. The van der Waals surface area contributed by atoms with E-state index in [1.165, 1.54) is 70.6 Å². The van der Waals surface area contributed by atoms with E-state index in [-0.39, 0.29) is 51.4 Å². The molecule has 2 atom stereocenters. The molecule has 0 aromatic carbocycles. The van der Waals surface area contributed by atoms with Crippen LogP contribution in [0, 0.1) is 0 Å². The van der Waals surface area contributed by atoms with Crippen molar-refractivity contribution in [2.24, 2.45) is 0 Å². The summed E-state index contributed by atoms with van der Waals surface area (Å²) in [4.78, 5) is 0. The molecule has 4 nitrogen and oxygen atoms in total. The molecular weight excluding hydrogens is 423 g/mol. The van der Waals surface area contributed by atoms with Crippen LogP contribution in [0.3, 0.4) is 0 Å². The molecule has 0 aromatic heterocycles. The third-order valence-electron chi connectivity index (χ3n) is 6.00. The zero-order valence-corrected chi connectivity index (χ0v) is 24.3. The molecule has 6 heteroatoms. The average Bonchev–Trinajstić information content (AvgIpc) is 2.67. The van der Waals surface area contributed by atoms with Crippen LogP contribution < -0.4 is 51.4 Å². The summed E-state index contributed by atoms with van der Waals surface area (Å²) in [5, 5.41) is 9.14. The number of rotatable bonds is 22. The van der Waals surface area contributed by atoms with Gasteiger partial charge < -0.3 is 9.66 Å². The molecule has 0 amide bonds. The molecule has 176 valence electrons. The Labute approximate surface area is 230 Å². The first-order valence-electron chi connectivity index (χ1n) is 12.6. The van der Waals surface area contributed by atoms with Gasteiger partial charge in [0.15, 0.2) is 0 Å². The third-order valence-corrected chi connectivity index (χ3v) is 7.29. The Morgan fingerprint density at radius 2 is 0.900 bits per heavy atom. The molecule has 0 rings (SSSR count). The smallest absolute Gasteiger partial charge is 0.748 e. The quantitative estimate of drug-likeness (QED) is 0.146. The van der Waals surface area contributed by atoms with Crippen molar-refractivity contribution in [3.8, 4) is 0 Å². The molecular formula is C24H49KO4S.